The molecule has 2 aromatic rings. The van der Waals surface area contributed by atoms with Crippen molar-refractivity contribution in [2.75, 3.05) is 5.32 Å². The Morgan fingerprint density at radius 3 is 2.26 bits per heavy atom. The fraction of sp³-hybridized carbons (Fsp3) is 0.167. The zero-order chi connectivity index (χ0) is 16.7. The molecular formula is C18H19N3O2. The fourth-order valence-corrected chi connectivity index (χ4v) is 1.76. The number of nitrogens with one attached hydrogen (secondary N) is 2. The minimum Gasteiger partial charge on any atom is -0.326 e. The van der Waals surface area contributed by atoms with Crippen molar-refractivity contribution in [1.82, 2.24) is 5.43 Å². The maximum absolute atomic E-state index is 12.0. The molecule has 23 heavy (non-hydrogen) atoms. The first-order valence-electron chi connectivity index (χ1n) is 7.35. The van der Waals surface area contributed by atoms with Gasteiger partial charge in [-0.3, -0.25) is 9.59 Å². The minimum atomic E-state index is -0.307. The molecule has 0 atom stereocenters. The molecule has 0 heterocycles. The van der Waals surface area contributed by atoms with E-state index >= 15 is 0 Å². The predicted octanol–water partition coefficient (Wildman–Crippen LogP) is 3.05. The molecule has 0 aliphatic rings. The molecule has 0 fully saturated rings. The zero-order valence-electron chi connectivity index (χ0n) is 13.1. The number of rotatable bonds is 5. The van der Waals surface area contributed by atoms with Crippen LogP contribution in [-0.4, -0.2) is 18.0 Å². The van der Waals surface area contributed by atoms with Gasteiger partial charge in [-0.15, -0.1) is 0 Å². The van der Waals surface area contributed by atoms with Crippen molar-refractivity contribution < 1.29 is 9.59 Å². The van der Waals surface area contributed by atoms with E-state index in [-0.39, 0.29) is 17.7 Å². The Morgan fingerprint density at radius 2 is 1.65 bits per heavy atom. The molecule has 0 radical (unpaired) electrons. The Morgan fingerprint density at radius 1 is 1.00 bits per heavy atom. The van der Waals surface area contributed by atoms with Gasteiger partial charge in [-0.2, -0.15) is 5.10 Å². The van der Waals surface area contributed by atoms with Gasteiger partial charge in [0.05, 0.1) is 6.21 Å². The van der Waals surface area contributed by atoms with Gasteiger partial charge < -0.3 is 5.32 Å². The van der Waals surface area contributed by atoms with Crippen molar-refractivity contribution in [3.63, 3.8) is 0 Å². The molecule has 2 rings (SSSR count). The Labute approximate surface area is 135 Å². The molecular weight excluding hydrogens is 290 g/mol. The second-order valence-corrected chi connectivity index (χ2v) is 5.33. The first-order chi connectivity index (χ1) is 11.1. The average molecular weight is 309 g/mol. The van der Waals surface area contributed by atoms with E-state index < -0.39 is 0 Å². The van der Waals surface area contributed by atoms with Gasteiger partial charge in [0.1, 0.15) is 0 Å². The Hall–Kier alpha value is -2.95. The summed E-state index contributed by atoms with van der Waals surface area (Å²) in [4.78, 5) is 23.6. The number of hydrogen-bond donors (Lipinski definition) is 2. The van der Waals surface area contributed by atoms with E-state index in [2.05, 4.69) is 15.8 Å². The van der Waals surface area contributed by atoms with E-state index in [4.69, 9.17) is 0 Å². The van der Waals surface area contributed by atoms with Crippen LogP contribution in [0.25, 0.3) is 0 Å². The van der Waals surface area contributed by atoms with Gasteiger partial charge in [0.25, 0.3) is 5.91 Å². The van der Waals surface area contributed by atoms with E-state index in [1.807, 2.05) is 44.2 Å². The summed E-state index contributed by atoms with van der Waals surface area (Å²) in [5.74, 6) is -0.459. The highest BCUT2D eigenvalue weighted by Crippen LogP contribution is 2.11. The summed E-state index contributed by atoms with van der Waals surface area (Å²) in [6, 6.07) is 16.2. The molecule has 0 bridgehead atoms. The quantitative estimate of drug-likeness (QED) is 0.658. The highest BCUT2D eigenvalue weighted by molar-refractivity contribution is 5.96. The molecule has 2 aromatic carbocycles. The van der Waals surface area contributed by atoms with Crippen LogP contribution in [0, 0.1) is 5.92 Å². The number of nitrogens with zero attached hydrogens (tertiary/aromatic N) is 1. The fourth-order valence-electron chi connectivity index (χ4n) is 1.76. The largest absolute Gasteiger partial charge is 0.326 e. The summed E-state index contributed by atoms with van der Waals surface area (Å²) in [6.45, 7) is 3.64. The van der Waals surface area contributed by atoms with E-state index in [1.165, 1.54) is 0 Å². The van der Waals surface area contributed by atoms with Crippen molar-refractivity contribution in [3.8, 4) is 0 Å². The highest BCUT2D eigenvalue weighted by Gasteiger charge is 2.08. The molecule has 0 saturated heterocycles. The smallest absolute Gasteiger partial charge is 0.271 e. The number of carbonyl (C=O) groups is 2. The van der Waals surface area contributed by atoms with Crippen molar-refractivity contribution in [2.45, 2.75) is 13.8 Å². The lowest BCUT2D eigenvalue weighted by molar-refractivity contribution is -0.118. The summed E-state index contributed by atoms with van der Waals surface area (Å²) in [5, 5.41) is 6.69. The molecule has 0 unspecified atom stereocenters. The molecule has 2 amide bonds. The molecule has 0 spiro atoms. The summed E-state index contributed by atoms with van der Waals surface area (Å²) in [6.07, 6.45) is 1.58. The molecule has 118 valence electrons. The van der Waals surface area contributed by atoms with Crippen LogP contribution in [0.4, 0.5) is 5.69 Å². The van der Waals surface area contributed by atoms with Crippen LogP contribution in [0.5, 0.6) is 0 Å². The SMILES string of the molecule is CC(C)C(=O)Nc1ccc(C(=O)NN=Cc2ccccc2)cc1. The topological polar surface area (TPSA) is 70.6 Å². The second-order valence-electron chi connectivity index (χ2n) is 5.33. The first-order valence-corrected chi connectivity index (χ1v) is 7.35. The van der Waals surface area contributed by atoms with Gasteiger partial charge in [-0.1, -0.05) is 44.2 Å². The van der Waals surface area contributed by atoms with Gasteiger partial charge in [0.15, 0.2) is 0 Å². The van der Waals surface area contributed by atoms with Crippen LogP contribution in [0.2, 0.25) is 0 Å². The third-order valence-corrected chi connectivity index (χ3v) is 3.12. The standard InChI is InChI=1S/C18H19N3O2/c1-13(2)17(22)20-16-10-8-15(9-11-16)18(23)21-19-12-14-6-4-3-5-7-14/h3-13H,1-2H3,(H,20,22)(H,21,23). The molecule has 0 aliphatic carbocycles. The average Bonchev–Trinajstić information content (AvgIpc) is 2.56. The molecule has 0 aliphatic heterocycles. The predicted molar refractivity (Wildman–Crippen MR) is 91.4 cm³/mol. The van der Waals surface area contributed by atoms with E-state index in [0.717, 1.165) is 5.56 Å². The van der Waals surface area contributed by atoms with Crippen LogP contribution in [0.3, 0.4) is 0 Å². The van der Waals surface area contributed by atoms with Crippen LogP contribution < -0.4 is 10.7 Å². The summed E-state index contributed by atoms with van der Waals surface area (Å²) < 4.78 is 0. The number of anilines is 1. The Balaban J connectivity index is 1.92. The third-order valence-electron chi connectivity index (χ3n) is 3.12. The van der Waals surface area contributed by atoms with E-state index in [0.29, 0.717) is 11.3 Å². The molecule has 2 N–H and O–H groups in total. The number of carbonyl (C=O) groups excluding carboxylic acids is 2. The van der Waals surface area contributed by atoms with Gasteiger partial charge in [-0.25, -0.2) is 5.43 Å². The van der Waals surface area contributed by atoms with Crippen molar-refractivity contribution in [3.05, 3.63) is 65.7 Å². The van der Waals surface area contributed by atoms with Crippen molar-refractivity contribution >= 4 is 23.7 Å². The molecule has 5 heteroatoms. The van der Waals surface area contributed by atoms with Gasteiger partial charge in [0, 0.05) is 17.2 Å². The van der Waals surface area contributed by atoms with E-state index in [1.54, 1.807) is 30.5 Å². The normalized spacial score (nSPS) is 10.7. The third kappa shape index (κ3) is 5.07. The first kappa shape index (κ1) is 16.4. The van der Waals surface area contributed by atoms with Crippen LogP contribution in [-0.2, 0) is 4.79 Å². The lowest BCUT2D eigenvalue weighted by Crippen LogP contribution is -2.19. The molecule has 0 saturated carbocycles. The summed E-state index contributed by atoms with van der Waals surface area (Å²) >= 11 is 0. The van der Waals surface area contributed by atoms with Gasteiger partial charge >= 0.3 is 0 Å². The molecule has 0 aromatic heterocycles. The lowest BCUT2D eigenvalue weighted by atomic mass is 10.1. The Kier molecular flexibility index (Phi) is 5.63. The monoisotopic (exact) mass is 309 g/mol. The van der Waals surface area contributed by atoms with Gasteiger partial charge in [0.2, 0.25) is 5.91 Å². The van der Waals surface area contributed by atoms with Crippen LogP contribution >= 0.6 is 0 Å². The summed E-state index contributed by atoms with van der Waals surface area (Å²) in [5.41, 5.74) is 4.50. The van der Waals surface area contributed by atoms with Gasteiger partial charge in [-0.05, 0) is 29.8 Å². The number of benzene rings is 2. The van der Waals surface area contributed by atoms with E-state index in [9.17, 15) is 9.59 Å². The molecule has 5 nitrogen and oxygen atoms in total. The van der Waals surface area contributed by atoms with Crippen LogP contribution in [0.1, 0.15) is 29.8 Å². The van der Waals surface area contributed by atoms with Crippen molar-refractivity contribution in [2.24, 2.45) is 11.0 Å². The Bertz CT molecular complexity index is 692. The second kappa shape index (κ2) is 7.89. The zero-order valence-corrected chi connectivity index (χ0v) is 13.1. The summed E-state index contributed by atoms with van der Waals surface area (Å²) in [7, 11) is 0. The maximum atomic E-state index is 12.0. The highest BCUT2D eigenvalue weighted by atomic mass is 16.2. The number of hydrazone groups is 1. The number of amides is 2. The lowest BCUT2D eigenvalue weighted by Gasteiger charge is -2.08. The number of hydrogen-bond acceptors (Lipinski definition) is 3. The van der Waals surface area contributed by atoms with Crippen molar-refractivity contribution in [1.29, 1.82) is 0 Å². The van der Waals surface area contributed by atoms with Crippen LogP contribution in [0.15, 0.2) is 59.7 Å². The minimum absolute atomic E-state index is 0.0605. The maximum Gasteiger partial charge on any atom is 0.271 e.